The lowest BCUT2D eigenvalue weighted by Gasteiger charge is -2.38. The van der Waals surface area contributed by atoms with Gasteiger partial charge >= 0.3 is 0 Å². The molecule has 1 aliphatic rings. The summed E-state index contributed by atoms with van der Waals surface area (Å²) < 4.78 is 0. The van der Waals surface area contributed by atoms with E-state index in [0.717, 1.165) is 22.7 Å². The summed E-state index contributed by atoms with van der Waals surface area (Å²) in [5.41, 5.74) is 33.5. The standard InChI is InChI=1S/C92H78N2/c1-59-41-45-69(63-29-17-11-18-30-63)53-79(59)93(81-55-71(91(5,6)7)47-43-61(81)3)73-49-51-75-77(57-73)85(67-37-25-15-26-38-67)89-87(83(75)65-33-21-13-22-34-65)90-86(68-39-27-16-28-40-68)78-58-74(50-52-76(78)84(88(89)90)66-35-23-14-24-36-66)94(82-56-72(92(8,9)10)48-44-62(82)4)80-54-70(46-42-60(80)2)64-31-19-12-20-32-64/h11-58H,1-10H3. The van der Waals surface area contributed by atoms with Crippen LogP contribution >= 0.6 is 0 Å². The van der Waals surface area contributed by atoms with Gasteiger partial charge in [0.1, 0.15) is 0 Å². The van der Waals surface area contributed by atoms with E-state index in [-0.39, 0.29) is 10.8 Å². The third-order valence-electron chi connectivity index (χ3n) is 19.6. The van der Waals surface area contributed by atoms with Gasteiger partial charge in [-0.25, -0.2) is 0 Å². The van der Waals surface area contributed by atoms with E-state index in [1.165, 1.54) is 155 Å². The van der Waals surface area contributed by atoms with Crippen molar-refractivity contribution in [2.75, 3.05) is 9.80 Å². The number of hydrogen-bond acceptors (Lipinski definition) is 2. The van der Waals surface area contributed by atoms with Crippen molar-refractivity contribution in [1.29, 1.82) is 0 Å². The topological polar surface area (TPSA) is 6.48 Å². The van der Waals surface area contributed by atoms with Crippen molar-refractivity contribution in [3.8, 4) is 89.0 Å². The van der Waals surface area contributed by atoms with E-state index in [1.54, 1.807) is 0 Å². The molecule has 2 nitrogen and oxygen atoms in total. The Kier molecular flexibility index (Phi) is 15.0. The first-order valence-corrected chi connectivity index (χ1v) is 33.2. The highest BCUT2D eigenvalue weighted by molar-refractivity contribution is 6.33. The van der Waals surface area contributed by atoms with E-state index in [9.17, 15) is 0 Å². The van der Waals surface area contributed by atoms with Gasteiger partial charge in [0, 0.05) is 34.1 Å². The van der Waals surface area contributed by atoms with Gasteiger partial charge in [0.25, 0.3) is 0 Å². The minimum atomic E-state index is -0.0794. The smallest absolute Gasteiger partial charge is 0.0497 e. The molecule has 0 atom stereocenters. The van der Waals surface area contributed by atoms with Crippen molar-refractivity contribution in [3.05, 3.63) is 325 Å². The number of fused-ring (bicyclic) bond motifs is 6. The third kappa shape index (κ3) is 10.5. The minimum Gasteiger partial charge on any atom is -0.310 e. The molecule has 14 aromatic carbocycles. The van der Waals surface area contributed by atoms with E-state index in [0.29, 0.717) is 0 Å². The molecule has 94 heavy (non-hydrogen) atoms. The maximum absolute atomic E-state index is 2.55. The van der Waals surface area contributed by atoms with Crippen LogP contribution < -0.4 is 9.80 Å². The zero-order valence-electron chi connectivity index (χ0n) is 55.6. The Hall–Kier alpha value is -10.8. The molecule has 0 aromatic heterocycles. The van der Waals surface area contributed by atoms with Crippen molar-refractivity contribution in [2.24, 2.45) is 0 Å². The van der Waals surface area contributed by atoms with Gasteiger partial charge in [-0.2, -0.15) is 0 Å². The molecule has 0 radical (unpaired) electrons. The van der Waals surface area contributed by atoms with Crippen molar-refractivity contribution in [1.82, 2.24) is 0 Å². The zero-order valence-corrected chi connectivity index (χ0v) is 55.6. The zero-order chi connectivity index (χ0) is 64.6. The molecule has 14 aromatic rings. The number of hydrogen-bond donors (Lipinski definition) is 0. The van der Waals surface area contributed by atoms with Gasteiger partial charge in [-0.1, -0.05) is 284 Å². The number of aryl methyl sites for hydroxylation is 4. The molecule has 1 aliphatic carbocycles. The van der Waals surface area contributed by atoms with Gasteiger partial charge in [-0.3, -0.25) is 0 Å². The van der Waals surface area contributed by atoms with E-state index in [4.69, 9.17) is 0 Å². The minimum absolute atomic E-state index is 0.0794. The fourth-order valence-electron chi connectivity index (χ4n) is 14.6. The van der Waals surface area contributed by atoms with Crippen molar-refractivity contribution in [3.63, 3.8) is 0 Å². The number of anilines is 6. The lowest BCUT2D eigenvalue weighted by Crippen LogP contribution is -2.17. The molecule has 0 fully saturated rings. The van der Waals surface area contributed by atoms with E-state index < -0.39 is 0 Å². The average Bonchev–Trinajstić information content (AvgIpc) is 0.669. The van der Waals surface area contributed by atoms with E-state index in [1.807, 2.05) is 0 Å². The monoisotopic (exact) mass is 1210 g/mol. The molecule has 0 spiro atoms. The van der Waals surface area contributed by atoms with Gasteiger partial charge in [-0.15, -0.1) is 0 Å². The summed E-state index contributed by atoms with van der Waals surface area (Å²) in [7, 11) is 0. The maximum atomic E-state index is 2.55. The Morgan fingerprint density at radius 1 is 0.202 bits per heavy atom. The van der Waals surface area contributed by atoms with Crippen LogP contribution in [0.1, 0.15) is 74.9 Å². The molecule has 0 N–H and O–H groups in total. The summed E-state index contributed by atoms with van der Waals surface area (Å²) in [5, 5.41) is 4.81. The second-order valence-corrected chi connectivity index (χ2v) is 27.8. The lowest BCUT2D eigenvalue weighted by atomic mass is 9.65. The van der Waals surface area contributed by atoms with Gasteiger partial charge in [0.15, 0.2) is 0 Å². The van der Waals surface area contributed by atoms with Crippen LogP contribution in [0.4, 0.5) is 34.1 Å². The van der Waals surface area contributed by atoms with Crippen LogP contribution in [0.5, 0.6) is 0 Å². The van der Waals surface area contributed by atoms with Crippen LogP contribution in [0, 0.1) is 27.7 Å². The van der Waals surface area contributed by atoms with Crippen LogP contribution in [0.25, 0.3) is 111 Å². The molecular formula is C92H78N2. The predicted octanol–water partition coefficient (Wildman–Crippen LogP) is 26.4. The summed E-state index contributed by atoms with van der Waals surface area (Å²) in [6.45, 7) is 23.0. The highest BCUT2D eigenvalue weighted by atomic mass is 15.2. The van der Waals surface area contributed by atoms with Gasteiger partial charge in [-0.05, 0) is 231 Å². The van der Waals surface area contributed by atoms with Gasteiger partial charge < -0.3 is 9.80 Å². The summed E-state index contributed by atoms with van der Waals surface area (Å²) in [5.74, 6) is 0. The quantitative estimate of drug-likeness (QED) is 0.120. The average molecular weight is 1210 g/mol. The molecule has 0 unspecified atom stereocenters. The summed E-state index contributed by atoms with van der Waals surface area (Å²) in [6, 6.07) is 109. The van der Waals surface area contributed by atoms with Crippen molar-refractivity contribution in [2.45, 2.75) is 80.1 Å². The largest absolute Gasteiger partial charge is 0.310 e. The Bertz CT molecular complexity index is 4860. The third-order valence-corrected chi connectivity index (χ3v) is 19.6. The highest BCUT2D eigenvalue weighted by Gasteiger charge is 2.39. The Morgan fingerprint density at radius 2 is 0.457 bits per heavy atom. The SMILES string of the molecule is Cc1ccc(-c2ccccc2)cc1N(c1ccc2c(-c3ccccc3)c3c(c(-c4ccccc4)c2c1)-c1c-3c(-c2ccccc2)c2cc(N(c3cc(-c4ccccc4)ccc3C)c3cc(C(C)(C)C)ccc3C)ccc2c1-c1ccccc1)c1cc(C(C)(C)C)ccc1C. The number of rotatable bonds is 12. The second kappa shape index (κ2) is 23.7. The first kappa shape index (κ1) is 59.5. The normalized spacial score (nSPS) is 11.9. The molecule has 0 heterocycles. The molecular weight excluding hydrogens is 1130 g/mol. The second-order valence-electron chi connectivity index (χ2n) is 27.8. The first-order chi connectivity index (χ1) is 45.6. The summed E-state index contributed by atoms with van der Waals surface area (Å²) in [4.78, 5) is 5.10. The number of nitrogens with zero attached hydrogens (tertiary/aromatic N) is 2. The summed E-state index contributed by atoms with van der Waals surface area (Å²) >= 11 is 0. The maximum Gasteiger partial charge on any atom is 0.0497 e. The van der Waals surface area contributed by atoms with E-state index >= 15 is 0 Å². The Balaban J connectivity index is 1.07. The lowest BCUT2D eigenvalue weighted by molar-refractivity contribution is 0.590. The fraction of sp³-hybridized carbons (Fsp3) is 0.130. The molecule has 0 aliphatic heterocycles. The number of benzene rings is 14. The van der Waals surface area contributed by atoms with Crippen molar-refractivity contribution >= 4 is 55.7 Å². The van der Waals surface area contributed by atoms with Crippen LogP contribution in [0.2, 0.25) is 0 Å². The highest BCUT2D eigenvalue weighted by Crippen LogP contribution is 2.66. The van der Waals surface area contributed by atoms with Gasteiger partial charge in [0.2, 0.25) is 0 Å². The molecule has 456 valence electrons. The summed E-state index contributed by atoms with van der Waals surface area (Å²) in [6.07, 6.45) is 0. The predicted molar refractivity (Wildman–Crippen MR) is 404 cm³/mol. The van der Waals surface area contributed by atoms with Crippen LogP contribution in [-0.2, 0) is 10.8 Å². The van der Waals surface area contributed by atoms with Crippen LogP contribution in [-0.4, -0.2) is 0 Å². The van der Waals surface area contributed by atoms with Crippen molar-refractivity contribution < 1.29 is 0 Å². The molecule has 0 saturated heterocycles. The molecule has 0 bridgehead atoms. The molecule has 0 saturated carbocycles. The molecule has 2 heteroatoms. The van der Waals surface area contributed by atoms with Crippen LogP contribution in [0.15, 0.2) is 291 Å². The van der Waals surface area contributed by atoms with E-state index in [2.05, 4.69) is 370 Å². The first-order valence-electron chi connectivity index (χ1n) is 33.2. The molecule has 15 rings (SSSR count). The van der Waals surface area contributed by atoms with Crippen LogP contribution in [0.3, 0.4) is 0 Å². The van der Waals surface area contributed by atoms with Gasteiger partial charge in [0.05, 0.1) is 0 Å². The molecule has 0 amide bonds. The Labute approximate surface area is 555 Å². The Morgan fingerprint density at radius 3 is 0.745 bits per heavy atom. The fourth-order valence-corrected chi connectivity index (χ4v) is 14.6.